The van der Waals surface area contributed by atoms with Crippen LogP contribution in [0.25, 0.3) is 0 Å². The lowest BCUT2D eigenvalue weighted by molar-refractivity contribution is -0.114. The predicted octanol–water partition coefficient (Wildman–Crippen LogP) is 4.11. The zero-order valence-electron chi connectivity index (χ0n) is 14.0. The second-order valence-electron chi connectivity index (χ2n) is 5.13. The lowest BCUT2D eigenvalue weighted by atomic mass is 10.2. The number of aryl methyl sites for hydroxylation is 1. The van der Waals surface area contributed by atoms with Crippen molar-refractivity contribution >= 4 is 28.9 Å². The van der Waals surface area contributed by atoms with Gasteiger partial charge in [-0.25, -0.2) is 0 Å². The molecule has 6 heteroatoms. The van der Waals surface area contributed by atoms with Crippen molar-refractivity contribution in [2.24, 2.45) is 0 Å². The maximum absolute atomic E-state index is 12.2. The van der Waals surface area contributed by atoms with E-state index in [2.05, 4.69) is 10.6 Å². The molecular weight excluding hydrogens is 328 g/mol. The third-order valence-electron chi connectivity index (χ3n) is 3.38. The topological polar surface area (TPSA) is 59.6 Å². The van der Waals surface area contributed by atoms with E-state index in [1.807, 2.05) is 38.1 Å². The Kier molecular flexibility index (Phi) is 6.32. The van der Waals surface area contributed by atoms with E-state index in [1.54, 1.807) is 12.1 Å². The normalized spacial score (nSPS) is 10.2. The second kappa shape index (κ2) is 8.45. The van der Waals surface area contributed by atoms with Gasteiger partial charge >= 0.3 is 0 Å². The van der Waals surface area contributed by atoms with E-state index in [0.29, 0.717) is 28.8 Å². The molecule has 2 aromatic rings. The number of hydrogen-bond donors (Lipinski definition) is 2. The lowest BCUT2D eigenvalue weighted by Gasteiger charge is -2.14. The Morgan fingerprint density at radius 2 is 1.92 bits per heavy atom. The van der Waals surface area contributed by atoms with Gasteiger partial charge in [0.1, 0.15) is 11.5 Å². The molecule has 0 aliphatic heterocycles. The summed E-state index contributed by atoms with van der Waals surface area (Å²) in [5.41, 5.74) is 2.22. The average Bonchev–Trinajstić information content (AvgIpc) is 2.57. The highest BCUT2D eigenvalue weighted by Crippen LogP contribution is 2.31. The molecule has 0 spiro atoms. The van der Waals surface area contributed by atoms with Crippen LogP contribution in [0.1, 0.15) is 12.5 Å². The van der Waals surface area contributed by atoms with Gasteiger partial charge in [0.05, 0.1) is 31.6 Å². The van der Waals surface area contributed by atoms with Crippen molar-refractivity contribution in [3.63, 3.8) is 0 Å². The van der Waals surface area contributed by atoms with Crippen LogP contribution in [0.15, 0.2) is 36.4 Å². The Morgan fingerprint density at radius 1 is 1.17 bits per heavy atom. The number of nitrogens with one attached hydrogen (secondary N) is 2. The third-order valence-corrected chi connectivity index (χ3v) is 3.79. The van der Waals surface area contributed by atoms with E-state index >= 15 is 0 Å². The second-order valence-corrected chi connectivity index (χ2v) is 5.54. The van der Waals surface area contributed by atoms with Crippen LogP contribution in [0.5, 0.6) is 11.5 Å². The van der Waals surface area contributed by atoms with Crippen molar-refractivity contribution in [1.29, 1.82) is 0 Å². The molecule has 0 bridgehead atoms. The highest BCUT2D eigenvalue weighted by atomic mass is 35.5. The molecule has 1 amide bonds. The van der Waals surface area contributed by atoms with E-state index in [1.165, 1.54) is 7.11 Å². The number of para-hydroxylation sites is 2. The fourth-order valence-electron chi connectivity index (χ4n) is 2.19. The van der Waals surface area contributed by atoms with Crippen LogP contribution in [0.2, 0.25) is 5.02 Å². The van der Waals surface area contributed by atoms with E-state index < -0.39 is 0 Å². The van der Waals surface area contributed by atoms with Gasteiger partial charge in [-0.1, -0.05) is 23.7 Å². The van der Waals surface area contributed by atoms with Crippen molar-refractivity contribution in [1.82, 2.24) is 0 Å². The zero-order chi connectivity index (χ0) is 17.5. The first-order valence-corrected chi connectivity index (χ1v) is 8.02. The molecule has 2 N–H and O–H groups in total. The fraction of sp³-hybridized carbons (Fsp3) is 0.278. The first-order valence-electron chi connectivity index (χ1n) is 7.64. The van der Waals surface area contributed by atoms with Gasteiger partial charge in [0.2, 0.25) is 5.91 Å². The molecule has 0 heterocycles. The van der Waals surface area contributed by atoms with E-state index in [9.17, 15) is 4.79 Å². The molecule has 24 heavy (non-hydrogen) atoms. The van der Waals surface area contributed by atoms with Crippen molar-refractivity contribution in [3.05, 3.63) is 47.0 Å². The molecule has 0 atom stereocenters. The summed E-state index contributed by atoms with van der Waals surface area (Å²) in [5.74, 6) is 1.04. The Labute approximate surface area is 146 Å². The van der Waals surface area contributed by atoms with Gasteiger partial charge in [-0.2, -0.15) is 0 Å². The van der Waals surface area contributed by atoms with Crippen molar-refractivity contribution < 1.29 is 14.3 Å². The molecule has 0 unspecified atom stereocenters. The molecular formula is C18H21ClN2O3. The molecule has 0 saturated carbocycles. The van der Waals surface area contributed by atoms with Crippen LogP contribution in [0.3, 0.4) is 0 Å². The van der Waals surface area contributed by atoms with Crippen LogP contribution >= 0.6 is 11.6 Å². The van der Waals surface area contributed by atoms with Gasteiger partial charge in [-0.15, -0.1) is 0 Å². The number of hydrogen-bond acceptors (Lipinski definition) is 4. The number of methoxy groups -OCH3 is 1. The predicted molar refractivity (Wildman–Crippen MR) is 97.5 cm³/mol. The quantitative estimate of drug-likeness (QED) is 0.790. The summed E-state index contributed by atoms with van der Waals surface area (Å²) in [6.07, 6.45) is 0. The van der Waals surface area contributed by atoms with E-state index in [4.69, 9.17) is 21.1 Å². The first kappa shape index (κ1) is 17.9. The minimum Gasteiger partial charge on any atom is -0.495 e. The molecule has 0 aliphatic rings. The Hall–Kier alpha value is -2.40. The number of rotatable bonds is 7. The Bertz CT molecular complexity index is 719. The zero-order valence-corrected chi connectivity index (χ0v) is 14.7. The lowest BCUT2D eigenvalue weighted by Crippen LogP contribution is -2.22. The average molecular weight is 349 g/mol. The SMILES string of the molecule is CCOc1ccccc1NCC(=O)Nc1cc(C)c(Cl)cc1OC. The third kappa shape index (κ3) is 4.55. The maximum atomic E-state index is 12.2. The fourth-order valence-corrected chi connectivity index (χ4v) is 2.35. The molecule has 0 aromatic heterocycles. The highest BCUT2D eigenvalue weighted by Gasteiger charge is 2.11. The van der Waals surface area contributed by atoms with Gasteiger partial charge in [-0.05, 0) is 37.6 Å². The summed E-state index contributed by atoms with van der Waals surface area (Å²) in [5, 5.41) is 6.49. The number of benzene rings is 2. The maximum Gasteiger partial charge on any atom is 0.243 e. The number of amides is 1. The van der Waals surface area contributed by atoms with Crippen LogP contribution in [0, 0.1) is 6.92 Å². The van der Waals surface area contributed by atoms with E-state index in [0.717, 1.165) is 11.3 Å². The Morgan fingerprint density at radius 3 is 2.62 bits per heavy atom. The van der Waals surface area contributed by atoms with Gasteiger partial charge in [0, 0.05) is 11.1 Å². The molecule has 0 aliphatic carbocycles. The number of anilines is 2. The van der Waals surface area contributed by atoms with Crippen molar-refractivity contribution in [3.8, 4) is 11.5 Å². The summed E-state index contributed by atoms with van der Waals surface area (Å²) in [7, 11) is 1.53. The van der Waals surface area contributed by atoms with Gasteiger partial charge in [0.15, 0.2) is 0 Å². The summed E-state index contributed by atoms with van der Waals surface area (Å²) in [6.45, 7) is 4.45. The number of carbonyl (C=O) groups is 1. The van der Waals surface area contributed by atoms with E-state index in [-0.39, 0.29) is 12.5 Å². The van der Waals surface area contributed by atoms with Crippen LogP contribution in [0.4, 0.5) is 11.4 Å². The monoisotopic (exact) mass is 348 g/mol. The first-order chi connectivity index (χ1) is 11.5. The van der Waals surface area contributed by atoms with Gasteiger partial charge in [-0.3, -0.25) is 4.79 Å². The molecule has 0 radical (unpaired) electrons. The molecule has 0 saturated heterocycles. The largest absolute Gasteiger partial charge is 0.495 e. The van der Waals surface area contributed by atoms with Crippen molar-refractivity contribution in [2.75, 3.05) is 30.9 Å². The number of halogens is 1. The van der Waals surface area contributed by atoms with Crippen LogP contribution in [-0.2, 0) is 4.79 Å². The molecule has 0 fully saturated rings. The highest BCUT2D eigenvalue weighted by molar-refractivity contribution is 6.31. The molecule has 5 nitrogen and oxygen atoms in total. The van der Waals surface area contributed by atoms with Gasteiger partial charge < -0.3 is 20.1 Å². The summed E-state index contributed by atoms with van der Waals surface area (Å²) in [6, 6.07) is 11.0. The minimum atomic E-state index is -0.193. The number of ether oxygens (including phenoxy) is 2. The summed E-state index contributed by atoms with van der Waals surface area (Å²) >= 11 is 6.07. The van der Waals surface area contributed by atoms with Gasteiger partial charge in [0.25, 0.3) is 0 Å². The summed E-state index contributed by atoms with van der Waals surface area (Å²) in [4.78, 5) is 12.2. The van der Waals surface area contributed by atoms with Crippen molar-refractivity contribution in [2.45, 2.75) is 13.8 Å². The molecule has 2 aromatic carbocycles. The van der Waals surface area contributed by atoms with Crippen LogP contribution in [-0.4, -0.2) is 26.2 Å². The smallest absolute Gasteiger partial charge is 0.243 e. The standard InChI is InChI=1S/C18H21ClN2O3/c1-4-24-16-8-6-5-7-14(16)20-11-18(22)21-15-9-12(2)13(19)10-17(15)23-3/h5-10,20H,4,11H2,1-3H3,(H,21,22). The minimum absolute atomic E-state index is 0.106. The Balaban J connectivity index is 2.03. The summed E-state index contributed by atoms with van der Waals surface area (Å²) < 4.78 is 10.8. The number of carbonyl (C=O) groups excluding carboxylic acids is 1. The molecule has 2 rings (SSSR count). The molecule has 128 valence electrons. The van der Waals surface area contributed by atoms with Crippen LogP contribution < -0.4 is 20.1 Å².